The van der Waals surface area contributed by atoms with Crippen LogP contribution in [0.3, 0.4) is 0 Å². The molecule has 0 spiro atoms. The number of carbonyl (C=O) groups excluding carboxylic acids is 1. The molecule has 0 atom stereocenters. The molecule has 0 aliphatic carbocycles. The number of anilines is 1. The first-order chi connectivity index (χ1) is 14.0. The highest BCUT2D eigenvalue weighted by atomic mass is 79.9. The van der Waals surface area contributed by atoms with Crippen LogP contribution in [0.25, 0.3) is 6.08 Å². The molecule has 1 amide bonds. The van der Waals surface area contributed by atoms with Crippen LogP contribution in [0, 0.1) is 0 Å². The van der Waals surface area contributed by atoms with Crippen LogP contribution < -0.4 is 15.0 Å². The summed E-state index contributed by atoms with van der Waals surface area (Å²) >= 11 is 8.77. The number of nitrogens with one attached hydrogen (secondary N) is 1. The van der Waals surface area contributed by atoms with Gasteiger partial charge in [-0.2, -0.15) is 5.10 Å². The number of nitrogens with zero attached hydrogens (tertiary/aromatic N) is 3. The second-order valence-electron chi connectivity index (χ2n) is 6.39. The van der Waals surface area contributed by atoms with E-state index in [1.807, 2.05) is 59.4 Å². The molecule has 1 fully saturated rings. The van der Waals surface area contributed by atoms with E-state index in [2.05, 4.69) is 26.3 Å². The quantitative estimate of drug-likeness (QED) is 0.453. The lowest BCUT2D eigenvalue weighted by atomic mass is 10.1. The molecule has 6 nitrogen and oxygen atoms in total. The number of para-hydroxylation sites is 1. The van der Waals surface area contributed by atoms with Crippen molar-refractivity contribution in [2.24, 2.45) is 0 Å². The third-order valence-corrected chi connectivity index (χ3v) is 5.14. The molecule has 8 heteroatoms. The number of ether oxygens (including phenoxy) is 1. The van der Waals surface area contributed by atoms with Gasteiger partial charge in [-0.25, -0.2) is 0 Å². The lowest BCUT2D eigenvalue weighted by molar-refractivity contribution is -0.113. The Morgan fingerprint density at radius 3 is 2.72 bits per heavy atom. The fourth-order valence-corrected chi connectivity index (χ4v) is 3.75. The summed E-state index contributed by atoms with van der Waals surface area (Å²) in [5.41, 5.74) is 2.97. The molecule has 1 saturated heterocycles. The molecule has 4 rings (SSSR count). The molecule has 2 aromatic carbocycles. The van der Waals surface area contributed by atoms with Crippen LogP contribution in [-0.4, -0.2) is 27.9 Å². The molecule has 3 aromatic rings. The molecule has 1 aliphatic heterocycles. The molecule has 0 radical (unpaired) electrons. The van der Waals surface area contributed by atoms with Gasteiger partial charge in [-0.1, -0.05) is 24.3 Å². The standard InChI is InChI=1S/C21H17BrN4O2S/c1-28-19-8-7-14(9-15(19)12-25-13-16(22)11-23-25)10-18-20(27)26(21(29)24-18)17-5-3-2-4-6-17/h2-11,13H,12H2,1H3,(H,24,29)/b18-10+. The van der Waals surface area contributed by atoms with E-state index >= 15 is 0 Å². The molecule has 0 unspecified atom stereocenters. The van der Waals surface area contributed by atoms with E-state index in [9.17, 15) is 4.79 Å². The van der Waals surface area contributed by atoms with Gasteiger partial charge in [-0.05, 0) is 64.1 Å². The Morgan fingerprint density at radius 2 is 2.03 bits per heavy atom. The highest BCUT2D eigenvalue weighted by molar-refractivity contribution is 9.10. The van der Waals surface area contributed by atoms with Crippen LogP contribution in [0.15, 0.2) is 71.1 Å². The molecule has 29 heavy (non-hydrogen) atoms. The summed E-state index contributed by atoms with van der Waals surface area (Å²) in [7, 11) is 1.63. The van der Waals surface area contributed by atoms with Crippen molar-refractivity contribution in [3.8, 4) is 5.75 Å². The second kappa shape index (κ2) is 8.18. The van der Waals surface area contributed by atoms with Gasteiger partial charge in [0.25, 0.3) is 5.91 Å². The van der Waals surface area contributed by atoms with E-state index in [0.717, 1.165) is 27.0 Å². The van der Waals surface area contributed by atoms with Crippen LogP contribution in [0.5, 0.6) is 5.75 Å². The van der Waals surface area contributed by atoms with Gasteiger partial charge in [0.1, 0.15) is 11.4 Å². The number of methoxy groups -OCH3 is 1. The van der Waals surface area contributed by atoms with Gasteiger partial charge in [-0.15, -0.1) is 0 Å². The van der Waals surface area contributed by atoms with Gasteiger partial charge in [-0.3, -0.25) is 14.4 Å². The summed E-state index contributed by atoms with van der Waals surface area (Å²) in [4.78, 5) is 14.4. The number of hydrogen-bond donors (Lipinski definition) is 1. The highest BCUT2D eigenvalue weighted by Gasteiger charge is 2.31. The predicted octanol–water partition coefficient (Wildman–Crippen LogP) is 3.96. The smallest absolute Gasteiger partial charge is 0.281 e. The number of amides is 1. The summed E-state index contributed by atoms with van der Waals surface area (Å²) in [6, 6.07) is 15.1. The van der Waals surface area contributed by atoms with Crippen LogP contribution in [0.2, 0.25) is 0 Å². The van der Waals surface area contributed by atoms with E-state index in [-0.39, 0.29) is 5.91 Å². The van der Waals surface area contributed by atoms with Crippen molar-refractivity contribution < 1.29 is 9.53 Å². The molecule has 0 saturated carbocycles. The minimum Gasteiger partial charge on any atom is -0.496 e. The van der Waals surface area contributed by atoms with Crippen molar-refractivity contribution in [1.29, 1.82) is 0 Å². The lowest BCUT2D eigenvalue weighted by Crippen LogP contribution is -2.30. The van der Waals surface area contributed by atoms with Crippen molar-refractivity contribution in [2.45, 2.75) is 6.54 Å². The Kier molecular flexibility index (Phi) is 5.46. The fraction of sp³-hybridized carbons (Fsp3) is 0.0952. The summed E-state index contributed by atoms with van der Waals surface area (Å²) in [6.07, 6.45) is 5.42. The van der Waals surface area contributed by atoms with Crippen LogP contribution >= 0.6 is 28.1 Å². The zero-order chi connectivity index (χ0) is 20.4. The Labute approximate surface area is 181 Å². The van der Waals surface area contributed by atoms with Crippen LogP contribution in [0.1, 0.15) is 11.1 Å². The summed E-state index contributed by atoms with van der Waals surface area (Å²) < 4.78 is 8.19. The zero-order valence-electron chi connectivity index (χ0n) is 15.5. The van der Waals surface area contributed by atoms with Crippen molar-refractivity contribution in [3.05, 3.63) is 82.2 Å². The predicted molar refractivity (Wildman–Crippen MR) is 120 cm³/mol. The minimum atomic E-state index is -0.186. The van der Waals surface area contributed by atoms with E-state index in [1.54, 1.807) is 19.4 Å². The largest absolute Gasteiger partial charge is 0.496 e. The summed E-state index contributed by atoms with van der Waals surface area (Å²) in [6.45, 7) is 0.543. The van der Waals surface area contributed by atoms with E-state index in [1.165, 1.54) is 4.90 Å². The van der Waals surface area contributed by atoms with Gasteiger partial charge in [0.15, 0.2) is 5.11 Å². The summed E-state index contributed by atoms with van der Waals surface area (Å²) in [5, 5.41) is 7.67. The lowest BCUT2D eigenvalue weighted by Gasteiger charge is -2.13. The van der Waals surface area contributed by atoms with Gasteiger partial charge in [0.05, 0.1) is 30.0 Å². The maximum absolute atomic E-state index is 12.9. The minimum absolute atomic E-state index is 0.186. The maximum atomic E-state index is 12.9. The average Bonchev–Trinajstić information content (AvgIpc) is 3.25. The third-order valence-electron chi connectivity index (χ3n) is 4.44. The third kappa shape index (κ3) is 4.08. The Bertz CT molecular complexity index is 1110. The second-order valence-corrected chi connectivity index (χ2v) is 7.69. The van der Waals surface area contributed by atoms with E-state index in [4.69, 9.17) is 17.0 Å². The van der Waals surface area contributed by atoms with Crippen molar-refractivity contribution in [1.82, 2.24) is 15.1 Å². The number of aromatic nitrogens is 2. The van der Waals surface area contributed by atoms with Crippen LogP contribution in [-0.2, 0) is 11.3 Å². The van der Waals surface area contributed by atoms with Crippen LogP contribution in [0.4, 0.5) is 5.69 Å². The van der Waals surface area contributed by atoms with Crippen molar-refractivity contribution in [3.63, 3.8) is 0 Å². The highest BCUT2D eigenvalue weighted by Crippen LogP contribution is 2.25. The summed E-state index contributed by atoms with van der Waals surface area (Å²) in [5.74, 6) is 0.570. The van der Waals surface area contributed by atoms with E-state index in [0.29, 0.717) is 17.4 Å². The molecular weight excluding hydrogens is 452 g/mol. The zero-order valence-corrected chi connectivity index (χ0v) is 17.9. The molecule has 0 bridgehead atoms. The number of rotatable bonds is 5. The maximum Gasteiger partial charge on any atom is 0.281 e. The van der Waals surface area contributed by atoms with E-state index < -0.39 is 0 Å². The molecule has 2 heterocycles. The topological polar surface area (TPSA) is 59.4 Å². The monoisotopic (exact) mass is 468 g/mol. The molecular formula is C21H17BrN4O2S. The Morgan fingerprint density at radius 1 is 1.24 bits per heavy atom. The van der Waals surface area contributed by atoms with Gasteiger partial charge in [0.2, 0.25) is 0 Å². The first kappa shape index (κ1) is 19.4. The first-order valence-electron chi connectivity index (χ1n) is 8.82. The molecule has 146 valence electrons. The fourth-order valence-electron chi connectivity index (χ4n) is 3.12. The van der Waals surface area contributed by atoms with Gasteiger partial charge >= 0.3 is 0 Å². The molecule has 1 N–H and O–H groups in total. The number of halogens is 1. The Hall–Kier alpha value is -2.97. The normalized spacial score (nSPS) is 15.1. The van der Waals surface area contributed by atoms with Crippen molar-refractivity contribution in [2.75, 3.05) is 12.0 Å². The number of carbonyl (C=O) groups is 1. The average molecular weight is 469 g/mol. The number of thiocarbonyl (C=S) groups is 1. The van der Waals surface area contributed by atoms with Gasteiger partial charge < -0.3 is 10.1 Å². The SMILES string of the molecule is COc1ccc(/C=C2/NC(=S)N(c3ccccc3)C2=O)cc1Cn1cc(Br)cn1. The molecule has 1 aliphatic rings. The first-order valence-corrected chi connectivity index (χ1v) is 10.0. The Balaban J connectivity index is 1.63. The molecule has 1 aromatic heterocycles. The number of hydrogen-bond acceptors (Lipinski definition) is 4. The van der Waals surface area contributed by atoms with Crippen molar-refractivity contribution >= 4 is 50.9 Å². The van der Waals surface area contributed by atoms with Gasteiger partial charge in [0, 0.05) is 11.8 Å². The number of benzene rings is 2.